The molecule has 0 heterocycles. The van der Waals surface area contributed by atoms with Crippen molar-refractivity contribution >= 4 is 11.8 Å². The zero-order valence-electron chi connectivity index (χ0n) is 8.73. The van der Waals surface area contributed by atoms with Gasteiger partial charge in [-0.05, 0) is 37.4 Å². The van der Waals surface area contributed by atoms with Crippen LogP contribution in [0.4, 0.5) is 0 Å². The van der Waals surface area contributed by atoms with E-state index in [4.69, 9.17) is 0 Å². The molecular weight excluding hydrogens is 166 g/mol. The molecule has 0 aliphatic heterocycles. The first kappa shape index (κ1) is 12.3. The molecule has 1 unspecified atom stereocenters. The molecule has 0 rings (SSSR count). The fourth-order valence-corrected chi connectivity index (χ4v) is 2.24. The summed E-state index contributed by atoms with van der Waals surface area (Å²) in [6.07, 6.45) is 4.13. The molecular formula is C10H23NS. The van der Waals surface area contributed by atoms with Crippen LogP contribution >= 0.6 is 11.8 Å². The predicted octanol–water partition coefficient (Wildman–Crippen LogP) is 2.77. The van der Waals surface area contributed by atoms with E-state index in [1.165, 1.54) is 30.8 Å². The number of hydrogen-bond donors (Lipinski definition) is 1. The van der Waals surface area contributed by atoms with Gasteiger partial charge in [0.2, 0.25) is 0 Å². The van der Waals surface area contributed by atoms with E-state index >= 15 is 0 Å². The van der Waals surface area contributed by atoms with Gasteiger partial charge in [-0.3, -0.25) is 0 Å². The Labute approximate surface area is 81.7 Å². The number of nitrogens with one attached hydrogen (secondary N) is 1. The molecule has 0 fully saturated rings. The van der Waals surface area contributed by atoms with Gasteiger partial charge in [-0.15, -0.1) is 0 Å². The highest BCUT2D eigenvalue weighted by atomic mass is 32.2. The number of rotatable bonds is 8. The average molecular weight is 189 g/mol. The van der Waals surface area contributed by atoms with Crippen LogP contribution < -0.4 is 5.32 Å². The minimum Gasteiger partial charge on any atom is -0.319 e. The van der Waals surface area contributed by atoms with Crippen LogP contribution in [0.15, 0.2) is 0 Å². The molecule has 0 spiro atoms. The summed E-state index contributed by atoms with van der Waals surface area (Å²) in [4.78, 5) is 0. The summed E-state index contributed by atoms with van der Waals surface area (Å²) >= 11 is 2.10. The number of thioether (sulfide) groups is 1. The summed E-state index contributed by atoms with van der Waals surface area (Å²) < 4.78 is 0. The molecule has 1 N–H and O–H groups in total. The van der Waals surface area contributed by atoms with Crippen LogP contribution in [-0.4, -0.2) is 25.1 Å². The molecule has 0 aromatic carbocycles. The van der Waals surface area contributed by atoms with Crippen molar-refractivity contribution < 1.29 is 0 Å². The maximum Gasteiger partial charge on any atom is -0.00183 e. The Bertz CT molecular complexity index is 85.9. The van der Waals surface area contributed by atoms with Gasteiger partial charge in [0.1, 0.15) is 0 Å². The van der Waals surface area contributed by atoms with E-state index in [1.807, 2.05) is 7.05 Å². The van der Waals surface area contributed by atoms with Gasteiger partial charge in [0.05, 0.1) is 0 Å². The first-order valence-electron chi connectivity index (χ1n) is 5.03. The molecule has 0 saturated heterocycles. The van der Waals surface area contributed by atoms with Crippen LogP contribution in [0, 0.1) is 5.92 Å². The molecule has 1 nitrogen and oxygen atoms in total. The van der Waals surface area contributed by atoms with Gasteiger partial charge < -0.3 is 5.32 Å². The highest BCUT2D eigenvalue weighted by Crippen LogP contribution is 2.10. The first-order valence-corrected chi connectivity index (χ1v) is 6.19. The molecule has 0 saturated carbocycles. The van der Waals surface area contributed by atoms with Gasteiger partial charge >= 0.3 is 0 Å². The molecule has 1 atom stereocenters. The molecule has 0 aliphatic carbocycles. The van der Waals surface area contributed by atoms with Gasteiger partial charge in [0.15, 0.2) is 0 Å². The van der Waals surface area contributed by atoms with Crippen LogP contribution in [0.1, 0.15) is 33.1 Å². The molecule has 2 heteroatoms. The van der Waals surface area contributed by atoms with E-state index in [2.05, 4.69) is 30.9 Å². The highest BCUT2D eigenvalue weighted by molar-refractivity contribution is 7.99. The van der Waals surface area contributed by atoms with Crippen molar-refractivity contribution in [1.29, 1.82) is 0 Å². The Kier molecular flexibility index (Phi) is 9.64. The summed E-state index contributed by atoms with van der Waals surface area (Å²) in [6.45, 7) is 5.72. The standard InChI is InChI=1S/C10H23NS/c1-4-5-6-7-12-9-10(2)8-11-3/h10-11H,4-9H2,1-3H3. The molecule has 0 radical (unpaired) electrons. The second-order valence-corrected chi connectivity index (χ2v) is 4.59. The lowest BCUT2D eigenvalue weighted by Gasteiger charge is -2.09. The quantitative estimate of drug-likeness (QED) is 0.589. The lowest BCUT2D eigenvalue weighted by Crippen LogP contribution is -2.17. The summed E-state index contributed by atoms with van der Waals surface area (Å²) in [5.41, 5.74) is 0. The van der Waals surface area contributed by atoms with E-state index in [9.17, 15) is 0 Å². The summed E-state index contributed by atoms with van der Waals surface area (Å²) in [5.74, 6) is 3.48. The molecule has 0 aliphatic rings. The SMILES string of the molecule is CCCCCSCC(C)CNC. The zero-order chi connectivity index (χ0) is 9.23. The van der Waals surface area contributed by atoms with Crippen molar-refractivity contribution in [2.75, 3.05) is 25.1 Å². The van der Waals surface area contributed by atoms with Crippen molar-refractivity contribution in [3.8, 4) is 0 Å². The maximum atomic E-state index is 3.21. The summed E-state index contributed by atoms with van der Waals surface area (Å²) in [7, 11) is 2.03. The topological polar surface area (TPSA) is 12.0 Å². The van der Waals surface area contributed by atoms with Crippen LogP contribution in [0.5, 0.6) is 0 Å². The van der Waals surface area contributed by atoms with E-state index in [0.717, 1.165) is 12.5 Å². The Hall–Kier alpha value is 0.310. The molecule has 0 aromatic rings. The van der Waals surface area contributed by atoms with Crippen molar-refractivity contribution in [2.45, 2.75) is 33.1 Å². The molecule has 74 valence electrons. The van der Waals surface area contributed by atoms with E-state index in [-0.39, 0.29) is 0 Å². The third kappa shape index (κ3) is 8.41. The second-order valence-electron chi connectivity index (χ2n) is 3.44. The van der Waals surface area contributed by atoms with Gasteiger partial charge in [-0.25, -0.2) is 0 Å². The Morgan fingerprint density at radius 1 is 1.33 bits per heavy atom. The van der Waals surface area contributed by atoms with Crippen molar-refractivity contribution in [3.05, 3.63) is 0 Å². The van der Waals surface area contributed by atoms with E-state index in [0.29, 0.717) is 0 Å². The molecule has 0 amide bonds. The van der Waals surface area contributed by atoms with E-state index in [1.54, 1.807) is 0 Å². The minimum absolute atomic E-state index is 0.821. The van der Waals surface area contributed by atoms with Crippen LogP contribution in [0.3, 0.4) is 0 Å². The third-order valence-corrected chi connectivity index (χ3v) is 3.23. The van der Waals surface area contributed by atoms with E-state index < -0.39 is 0 Å². The van der Waals surface area contributed by atoms with Gasteiger partial charge in [0.25, 0.3) is 0 Å². The number of unbranched alkanes of at least 4 members (excludes halogenated alkanes) is 2. The number of hydrogen-bond acceptors (Lipinski definition) is 2. The monoisotopic (exact) mass is 189 g/mol. The normalized spacial score (nSPS) is 13.2. The average Bonchev–Trinajstić information content (AvgIpc) is 2.05. The molecule has 0 aromatic heterocycles. The van der Waals surface area contributed by atoms with Gasteiger partial charge in [0, 0.05) is 0 Å². The fourth-order valence-electron chi connectivity index (χ4n) is 1.15. The van der Waals surface area contributed by atoms with Gasteiger partial charge in [-0.2, -0.15) is 11.8 Å². The minimum atomic E-state index is 0.821. The zero-order valence-corrected chi connectivity index (χ0v) is 9.54. The fraction of sp³-hybridized carbons (Fsp3) is 1.00. The second kappa shape index (κ2) is 9.40. The molecule has 12 heavy (non-hydrogen) atoms. The van der Waals surface area contributed by atoms with Crippen molar-refractivity contribution in [1.82, 2.24) is 5.32 Å². The van der Waals surface area contributed by atoms with Gasteiger partial charge in [-0.1, -0.05) is 26.7 Å². The highest BCUT2D eigenvalue weighted by Gasteiger charge is 1.99. The molecule has 0 bridgehead atoms. The Morgan fingerprint density at radius 2 is 2.08 bits per heavy atom. The summed E-state index contributed by atoms with van der Waals surface area (Å²) in [5, 5.41) is 3.21. The Morgan fingerprint density at radius 3 is 2.67 bits per heavy atom. The largest absolute Gasteiger partial charge is 0.319 e. The van der Waals surface area contributed by atoms with Crippen molar-refractivity contribution in [2.24, 2.45) is 5.92 Å². The first-order chi connectivity index (χ1) is 5.81. The van der Waals surface area contributed by atoms with Crippen LogP contribution in [-0.2, 0) is 0 Å². The summed E-state index contributed by atoms with van der Waals surface area (Å²) in [6, 6.07) is 0. The maximum absolute atomic E-state index is 3.21. The van der Waals surface area contributed by atoms with Crippen LogP contribution in [0.25, 0.3) is 0 Å². The lowest BCUT2D eigenvalue weighted by molar-refractivity contribution is 0.603. The van der Waals surface area contributed by atoms with Crippen molar-refractivity contribution in [3.63, 3.8) is 0 Å². The predicted molar refractivity (Wildman–Crippen MR) is 59.9 cm³/mol. The lowest BCUT2D eigenvalue weighted by atomic mass is 10.2. The third-order valence-electron chi connectivity index (χ3n) is 1.85. The van der Waals surface area contributed by atoms with Crippen LogP contribution in [0.2, 0.25) is 0 Å². The Balaban J connectivity index is 2.97. The smallest absolute Gasteiger partial charge is 0.00183 e.